The van der Waals surface area contributed by atoms with Gasteiger partial charge in [0.1, 0.15) is 11.3 Å². The maximum atomic E-state index is 13.5. The van der Waals surface area contributed by atoms with Gasteiger partial charge in [0, 0.05) is 23.6 Å². The Labute approximate surface area is 185 Å². The molecule has 0 aliphatic carbocycles. The number of rotatable bonds is 5. The largest absolute Gasteiger partial charge is 0.503 e. The van der Waals surface area contributed by atoms with Crippen molar-refractivity contribution in [3.05, 3.63) is 99.2 Å². The number of nitro groups is 1. The number of nitrogens with zero attached hydrogens (tertiary/aromatic N) is 3. The number of non-ortho nitro benzene ring substituents is 1. The predicted molar refractivity (Wildman–Crippen MR) is 115 cm³/mol. The molecule has 1 amide bonds. The van der Waals surface area contributed by atoms with Crippen LogP contribution in [0.1, 0.15) is 27.9 Å². The van der Waals surface area contributed by atoms with E-state index in [1.165, 1.54) is 36.4 Å². The third kappa shape index (κ3) is 3.24. The molecule has 0 unspecified atom stereocenters. The number of carbonyl (C=O) groups excluding carboxylic acids is 2. The van der Waals surface area contributed by atoms with Crippen LogP contribution in [-0.2, 0) is 4.79 Å². The van der Waals surface area contributed by atoms with E-state index >= 15 is 0 Å². The highest BCUT2D eigenvalue weighted by molar-refractivity contribution is 6.20. The second-order valence-corrected chi connectivity index (χ2v) is 7.47. The molecule has 1 N–H and O–H groups in total. The van der Waals surface area contributed by atoms with E-state index < -0.39 is 28.4 Å². The van der Waals surface area contributed by atoms with E-state index in [4.69, 9.17) is 8.94 Å². The van der Waals surface area contributed by atoms with Gasteiger partial charge >= 0.3 is 0 Å². The maximum absolute atomic E-state index is 13.5. The highest BCUT2D eigenvalue weighted by Crippen LogP contribution is 2.42. The Kier molecular flexibility index (Phi) is 4.56. The lowest BCUT2D eigenvalue weighted by molar-refractivity contribution is -0.384. The molecule has 2 aromatic heterocycles. The molecule has 0 radical (unpaired) electrons. The van der Waals surface area contributed by atoms with E-state index in [0.29, 0.717) is 16.7 Å². The number of furan rings is 1. The van der Waals surface area contributed by atoms with E-state index in [0.717, 1.165) is 4.90 Å². The summed E-state index contributed by atoms with van der Waals surface area (Å²) < 4.78 is 10.7. The van der Waals surface area contributed by atoms with Gasteiger partial charge in [-0.15, -0.1) is 0 Å². The van der Waals surface area contributed by atoms with E-state index in [2.05, 4.69) is 5.16 Å². The van der Waals surface area contributed by atoms with Crippen molar-refractivity contribution in [2.75, 3.05) is 4.90 Å². The van der Waals surface area contributed by atoms with E-state index in [9.17, 15) is 24.8 Å². The minimum absolute atomic E-state index is 0.0490. The van der Waals surface area contributed by atoms with Crippen LogP contribution < -0.4 is 4.90 Å². The number of fused-ring (bicyclic) bond motifs is 1. The molecule has 164 valence electrons. The number of hydrogen-bond acceptors (Lipinski definition) is 8. The zero-order valence-corrected chi connectivity index (χ0v) is 17.1. The third-order valence-corrected chi connectivity index (χ3v) is 5.36. The zero-order valence-electron chi connectivity index (χ0n) is 17.1. The first-order valence-corrected chi connectivity index (χ1v) is 9.83. The summed E-state index contributed by atoms with van der Waals surface area (Å²) in [5, 5.41) is 26.6. The number of aryl methyl sites for hydroxylation is 1. The molecule has 2 aromatic carbocycles. The first kappa shape index (κ1) is 20.2. The fourth-order valence-electron chi connectivity index (χ4n) is 3.89. The number of aromatic nitrogens is 1. The molecule has 33 heavy (non-hydrogen) atoms. The summed E-state index contributed by atoms with van der Waals surface area (Å²) in [5.74, 6) is -2.05. The Morgan fingerprint density at radius 2 is 1.94 bits per heavy atom. The van der Waals surface area contributed by atoms with Crippen LogP contribution in [0.25, 0.3) is 11.0 Å². The van der Waals surface area contributed by atoms with Gasteiger partial charge in [0.2, 0.25) is 5.78 Å². The van der Waals surface area contributed by atoms with Crippen LogP contribution in [0.4, 0.5) is 11.5 Å². The highest BCUT2D eigenvalue weighted by Gasteiger charge is 2.46. The number of benzene rings is 2. The van der Waals surface area contributed by atoms with Gasteiger partial charge < -0.3 is 14.0 Å². The summed E-state index contributed by atoms with van der Waals surface area (Å²) in [6, 6.07) is 14.2. The van der Waals surface area contributed by atoms with Gasteiger partial charge in [-0.3, -0.25) is 24.6 Å². The molecule has 1 aliphatic heterocycles. The number of Topliss-reactive ketones (excluding diaryl/α,β-unsaturated/α-hetero) is 1. The summed E-state index contributed by atoms with van der Waals surface area (Å²) in [6.45, 7) is 1.62. The van der Waals surface area contributed by atoms with E-state index in [1.54, 1.807) is 31.2 Å². The standard InChI is InChI=1S/C23H15N3O7/c1-12-9-18(24-33-12)25-20(14-6-4-7-15(10-14)26(30)31)19(22(28)23(25)29)21(27)17-11-13-5-2-3-8-16(13)32-17/h2-11,20,28H,1H3/t20-/m0/s1. The van der Waals surface area contributed by atoms with Crippen molar-refractivity contribution in [2.24, 2.45) is 0 Å². The quantitative estimate of drug-likeness (QED) is 0.270. The SMILES string of the molecule is Cc1cc(N2C(=O)C(O)=C(C(=O)c3cc4ccccc4o3)[C@@H]2c2cccc([N+](=O)[O-])c2)no1. The van der Waals surface area contributed by atoms with Crippen molar-refractivity contribution in [1.29, 1.82) is 0 Å². The molecular weight excluding hydrogens is 430 g/mol. The van der Waals surface area contributed by atoms with E-state index in [1.807, 2.05) is 0 Å². The summed E-state index contributed by atoms with van der Waals surface area (Å²) in [7, 11) is 0. The maximum Gasteiger partial charge on any atom is 0.295 e. The van der Waals surface area contributed by atoms with Gasteiger partial charge in [0.15, 0.2) is 17.3 Å². The molecule has 0 fully saturated rings. The Hall–Kier alpha value is -4.73. The fourth-order valence-corrected chi connectivity index (χ4v) is 3.89. The topological polar surface area (TPSA) is 140 Å². The van der Waals surface area contributed by atoms with Crippen LogP contribution in [0.5, 0.6) is 0 Å². The van der Waals surface area contributed by atoms with Crippen LogP contribution in [0.15, 0.2) is 80.9 Å². The Bertz CT molecular complexity index is 1450. The van der Waals surface area contributed by atoms with Crippen molar-refractivity contribution < 1.29 is 28.6 Å². The molecule has 5 rings (SSSR count). The smallest absolute Gasteiger partial charge is 0.295 e. The summed E-state index contributed by atoms with van der Waals surface area (Å²) in [6.07, 6.45) is 0. The number of amides is 1. The molecule has 1 atom stereocenters. The van der Waals surface area contributed by atoms with Crippen molar-refractivity contribution in [3.63, 3.8) is 0 Å². The van der Waals surface area contributed by atoms with Crippen molar-refractivity contribution in [1.82, 2.24) is 5.16 Å². The molecule has 3 heterocycles. The molecule has 0 saturated heterocycles. The van der Waals surface area contributed by atoms with Crippen LogP contribution >= 0.6 is 0 Å². The lowest BCUT2D eigenvalue weighted by atomic mass is 9.94. The zero-order chi connectivity index (χ0) is 23.3. The highest BCUT2D eigenvalue weighted by atomic mass is 16.6. The third-order valence-electron chi connectivity index (χ3n) is 5.36. The Balaban J connectivity index is 1.68. The molecule has 0 saturated carbocycles. The van der Waals surface area contributed by atoms with Gasteiger partial charge in [-0.1, -0.05) is 35.5 Å². The summed E-state index contributed by atoms with van der Waals surface area (Å²) in [4.78, 5) is 38.4. The van der Waals surface area contributed by atoms with Gasteiger partial charge in [0.05, 0.1) is 16.5 Å². The summed E-state index contributed by atoms with van der Waals surface area (Å²) >= 11 is 0. The second kappa shape index (κ2) is 7.45. The van der Waals surface area contributed by atoms with Gasteiger partial charge in [-0.25, -0.2) is 0 Å². The van der Waals surface area contributed by atoms with Gasteiger partial charge in [-0.2, -0.15) is 0 Å². The number of aliphatic hydroxyl groups is 1. The van der Waals surface area contributed by atoms with Crippen molar-refractivity contribution >= 4 is 34.2 Å². The average molecular weight is 445 g/mol. The molecule has 10 heteroatoms. The second-order valence-electron chi connectivity index (χ2n) is 7.47. The number of para-hydroxylation sites is 1. The van der Waals surface area contributed by atoms with Crippen molar-refractivity contribution in [3.8, 4) is 0 Å². The van der Waals surface area contributed by atoms with Gasteiger partial charge in [0.25, 0.3) is 11.6 Å². The number of ketones is 1. The number of aliphatic hydroxyl groups excluding tert-OH is 1. The fraction of sp³-hybridized carbons (Fsp3) is 0.0870. The van der Waals surface area contributed by atoms with Crippen LogP contribution in [-0.4, -0.2) is 26.9 Å². The number of hydrogen-bond donors (Lipinski definition) is 1. The summed E-state index contributed by atoms with van der Waals surface area (Å²) in [5.41, 5.74) is 0.182. The minimum Gasteiger partial charge on any atom is -0.503 e. The molecule has 0 bridgehead atoms. The lowest BCUT2D eigenvalue weighted by Crippen LogP contribution is -2.31. The van der Waals surface area contributed by atoms with Crippen LogP contribution in [0, 0.1) is 17.0 Å². The number of nitro benzene ring substituents is 1. The molecule has 10 nitrogen and oxygen atoms in total. The molecular formula is C23H15N3O7. The number of carbonyl (C=O) groups is 2. The first-order valence-electron chi connectivity index (χ1n) is 9.83. The van der Waals surface area contributed by atoms with Crippen LogP contribution in [0.2, 0.25) is 0 Å². The predicted octanol–water partition coefficient (Wildman–Crippen LogP) is 4.42. The normalized spacial score (nSPS) is 16.1. The minimum atomic E-state index is -1.19. The monoisotopic (exact) mass is 445 g/mol. The van der Waals surface area contributed by atoms with Crippen LogP contribution in [0.3, 0.4) is 0 Å². The lowest BCUT2D eigenvalue weighted by Gasteiger charge is -2.24. The molecule has 0 spiro atoms. The molecule has 1 aliphatic rings. The Morgan fingerprint density at radius 1 is 1.15 bits per heavy atom. The average Bonchev–Trinajstić information content (AvgIpc) is 3.50. The molecule has 4 aromatic rings. The number of anilines is 1. The first-order chi connectivity index (χ1) is 15.8. The van der Waals surface area contributed by atoms with Gasteiger partial charge in [-0.05, 0) is 24.6 Å². The van der Waals surface area contributed by atoms with Crippen molar-refractivity contribution in [2.45, 2.75) is 13.0 Å². The Morgan fingerprint density at radius 3 is 2.64 bits per heavy atom. The van der Waals surface area contributed by atoms with E-state index in [-0.39, 0.29) is 28.4 Å².